The zero-order chi connectivity index (χ0) is 30.9. The minimum atomic E-state index is -0.272. The van der Waals surface area contributed by atoms with Gasteiger partial charge in [-0.2, -0.15) is 0 Å². The molecule has 0 fully saturated rings. The van der Waals surface area contributed by atoms with Gasteiger partial charge in [0.1, 0.15) is 0 Å². The molecule has 5 aromatic heterocycles. The number of pyridine rings is 5. The van der Waals surface area contributed by atoms with Crippen molar-refractivity contribution in [2.75, 3.05) is 0 Å². The fourth-order valence-corrected chi connectivity index (χ4v) is 7.94. The van der Waals surface area contributed by atoms with E-state index in [1.165, 1.54) is 38.9 Å². The van der Waals surface area contributed by atoms with Crippen LogP contribution in [0.3, 0.4) is 0 Å². The van der Waals surface area contributed by atoms with Crippen LogP contribution in [0.15, 0.2) is 91.5 Å². The molecule has 0 radical (unpaired) electrons. The van der Waals surface area contributed by atoms with Crippen molar-refractivity contribution < 1.29 is 0 Å². The molecule has 5 heterocycles. The van der Waals surface area contributed by atoms with Gasteiger partial charge in [-0.15, -0.1) is 0 Å². The topological polar surface area (TPSA) is 64.5 Å². The van der Waals surface area contributed by atoms with E-state index in [0.29, 0.717) is 0 Å². The molecule has 3 aliphatic rings. The van der Waals surface area contributed by atoms with Gasteiger partial charge in [-0.25, -0.2) is 4.98 Å². The fraction of sp³-hybridized carbons (Fsp3) is 0.225. The van der Waals surface area contributed by atoms with Gasteiger partial charge < -0.3 is 0 Å². The highest BCUT2D eigenvalue weighted by molar-refractivity contribution is 5.83. The van der Waals surface area contributed by atoms with Crippen LogP contribution in [0.25, 0.3) is 56.4 Å². The molecule has 5 nitrogen and oxygen atoms in total. The van der Waals surface area contributed by atoms with Gasteiger partial charge in [0.05, 0.1) is 34.2 Å². The third-order valence-corrected chi connectivity index (χ3v) is 10.7. The van der Waals surface area contributed by atoms with Crippen molar-refractivity contribution in [3.63, 3.8) is 0 Å². The number of aromatic nitrogens is 5. The van der Waals surface area contributed by atoms with E-state index in [9.17, 15) is 0 Å². The van der Waals surface area contributed by atoms with E-state index in [2.05, 4.69) is 107 Å². The average Bonchev–Trinajstić information content (AvgIpc) is 3.53. The minimum Gasteiger partial charge on any atom is -0.254 e. The lowest BCUT2D eigenvalue weighted by Gasteiger charge is -2.22. The summed E-state index contributed by atoms with van der Waals surface area (Å²) in [6, 6.07) is 24.1. The number of fused-ring (bicyclic) bond motifs is 9. The lowest BCUT2D eigenvalue weighted by molar-refractivity contribution is 0.656. The van der Waals surface area contributed by atoms with Crippen LogP contribution in [0.1, 0.15) is 74.9 Å². The lowest BCUT2D eigenvalue weighted by Crippen LogP contribution is -2.16. The third kappa shape index (κ3) is 3.41. The molecule has 3 aliphatic carbocycles. The molecular formula is C40H33N5. The molecule has 5 heteroatoms. The van der Waals surface area contributed by atoms with Gasteiger partial charge in [0.2, 0.25) is 0 Å². The van der Waals surface area contributed by atoms with Crippen LogP contribution in [-0.4, -0.2) is 24.9 Å². The molecule has 6 aromatic rings. The molecule has 0 unspecified atom stereocenters. The molecular weight excluding hydrogens is 550 g/mol. The molecule has 9 rings (SSSR count). The summed E-state index contributed by atoms with van der Waals surface area (Å²) in [6.45, 7) is 13.6. The Bertz CT molecular complexity index is 2260. The van der Waals surface area contributed by atoms with Gasteiger partial charge in [0.25, 0.3) is 0 Å². The van der Waals surface area contributed by atoms with Gasteiger partial charge >= 0.3 is 0 Å². The van der Waals surface area contributed by atoms with Crippen molar-refractivity contribution in [3.05, 3.63) is 125 Å². The highest BCUT2D eigenvalue weighted by Crippen LogP contribution is 2.51. The number of rotatable bonds is 2. The summed E-state index contributed by atoms with van der Waals surface area (Å²) in [7, 11) is 0. The maximum absolute atomic E-state index is 5.22. The number of nitrogens with zero attached hydrogens (tertiary/aromatic N) is 5. The normalized spacial score (nSPS) is 16.8. The number of benzene rings is 1. The second-order valence-electron chi connectivity index (χ2n) is 14.3. The molecule has 0 saturated carbocycles. The highest BCUT2D eigenvalue weighted by Gasteiger charge is 2.40. The largest absolute Gasteiger partial charge is 0.254 e. The van der Waals surface area contributed by atoms with Gasteiger partial charge in [-0.3, -0.25) is 19.9 Å². The number of hydrogen-bond acceptors (Lipinski definition) is 5. The van der Waals surface area contributed by atoms with Crippen molar-refractivity contribution in [2.45, 2.75) is 57.8 Å². The van der Waals surface area contributed by atoms with Crippen LogP contribution in [0.4, 0.5) is 0 Å². The van der Waals surface area contributed by atoms with E-state index in [1.54, 1.807) is 0 Å². The molecule has 0 N–H and O–H groups in total. The first kappa shape index (κ1) is 26.4. The summed E-state index contributed by atoms with van der Waals surface area (Å²) in [5, 5.41) is 0. The Labute approximate surface area is 263 Å². The Morgan fingerprint density at radius 1 is 0.422 bits per heavy atom. The van der Waals surface area contributed by atoms with Gasteiger partial charge in [0, 0.05) is 63.3 Å². The van der Waals surface area contributed by atoms with E-state index >= 15 is 0 Å². The average molecular weight is 584 g/mol. The van der Waals surface area contributed by atoms with Crippen molar-refractivity contribution in [1.29, 1.82) is 0 Å². The van der Waals surface area contributed by atoms with E-state index in [-0.39, 0.29) is 16.2 Å². The van der Waals surface area contributed by atoms with Crippen LogP contribution >= 0.6 is 0 Å². The summed E-state index contributed by atoms with van der Waals surface area (Å²) < 4.78 is 0. The Morgan fingerprint density at radius 2 is 0.911 bits per heavy atom. The molecule has 0 amide bonds. The maximum Gasteiger partial charge on any atom is 0.0930 e. The van der Waals surface area contributed by atoms with Gasteiger partial charge in [-0.05, 0) is 63.7 Å². The summed E-state index contributed by atoms with van der Waals surface area (Å²) in [6.07, 6.45) is 7.74. The monoisotopic (exact) mass is 583 g/mol. The van der Waals surface area contributed by atoms with E-state index in [4.69, 9.17) is 19.9 Å². The third-order valence-electron chi connectivity index (χ3n) is 10.7. The summed E-state index contributed by atoms with van der Waals surface area (Å²) in [5.41, 5.74) is 17.2. The minimum absolute atomic E-state index is 0.0639. The van der Waals surface area contributed by atoms with Crippen LogP contribution in [0, 0.1) is 0 Å². The van der Waals surface area contributed by atoms with Gasteiger partial charge in [0.15, 0.2) is 0 Å². The second kappa shape index (κ2) is 8.57. The van der Waals surface area contributed by atoms with E-state index < -0.39 is 0 Å². The molecule has 1 aromatic carbocycles. The molecule has 0 aliphatic heterocycles. The summed E-state index contributed by atoms with van der Waals surface area (Å²) in [5.74, 6) is 0. The molecule has 0 bridgehead atoms. The molecule has 218 valence electrons. The predicted molar refractivity (Wildman–Crippen MR) is 179 cm³/mol. The summed E-state index contributed by atoms with van der Waals surface area (Å²) in [4.78, 5) is 24.8. The molecule has 0 spiro atoms. The van der Waals surface area contributed by atoms with Crippen molar-refractivity contribution in [2.24, 2.45) is 0 Å². The first-order valence-corrected chi connectivity index (χ1v) is 15.7. The zero-order valence-electron chi connectivity index (χ0n) is 26.4. The fourth-order valence-electron chi connectivity index (χ4n) is 7.94. The first-order chi connectivity index (χ1) is 21.6. The molecule has 0 atom stereocenters. The van der Waals surface area contributed by atoms with Crippen LogP contribution in [0.2, 0.25) is 0 Å². The van der Waals surface area contributed by atoms with Crippen LogP contribution in [-0.2, 0) is 16.2 Å². The SMILES string of the molecule is CC1(C)c2ccccc2-c2nc(-c3cnc4c(c3)C(C)(C)c3cc(-c5cnc6c(c5)C(C)(C)c5cccnc5-6)cnc3-4)ccc21. The molecule has 0 saturated heterocycles. The first-order valence-electron chi connectivity index (χ1n) is 15.7. The Balaban J connectivity index is 1.10. The Morgan fingerprint density at radius 3 is 1.58 bits per heavy atom. The van der Waals surface area contributed by atoms with E-state index in [1.807, 2.05) is 30.9 Å². The highest BCUT2D eigenvalue weighted by atomic mass is 14.8. The predicted octanol–water partition coefficient (Wildman–Crippen LogP) is 8.91. The van der Waals surface area contributed by atoms with Crippen molar-refractivity contribution in [1.82, 2.24) is 24.9 Å². The van der Waals surface area contributed by atoms with E-state index in [0.717, 1.165) is 50.9 Å². The smallest absolute Gasteiger partial charge is 0.0930 e. The molecule has 45 heavy (non-hydrogen) atoms. The van der Waals surface area contributed by atoms with Crippen molar-refractivity contribution in [3.8, 4) is 56.4 Å². The Kier molecular flexibility index (Phi) is 5.02. The quantitative estimate of drug-likeness (QED) is 0.204. The van der Waals surface area contributed by atoms with Gasteiger partial charge in [-0.1, -0.05) is 77.9 Å². The lowest BCUT2D eigenvalue weighted by atomic mass is 9.81. The second-order valence-corrected chi connectivity index (χ2v) is 14.3. The zero-order valence-corrected chi connectivity index (χ0v) is 26.4. The van der Waals surface area contributed by atoms with Crippen LogP contribution in [0.5, 0.6) is 0 Å². The van der Waals surface area contributed by atoms with Crippen molar-refractivity contribution >= 4 is 0 Å². The Hall–Kier alpha value is -5.03. The maximum atomic E-state index is 5.22. The summed E-state index contributed by atoms with van der Waals surface area (Å²) >= 11 is 0. The number of hydrogen-bond donors (Lipinski definition) is 0. The van der Waals surface area contributed by atoms with Crippen LogP contribution < -0.4 is 0 Å². The standard InChI is InChI=1S/C40H33N5/c1-38(2)26-11-8-7-10-25(26)33-28(38)13-14-32(45-33)24-18-31-37(44-21-24)36-30(40(31,5)6)17-23(20-43-36)22-16-29-35(42-19-22)34-27(39(29,3)4)12-9-15-41-34/h7-21H,1-6H3.